The van der Waals surface area contributed by atoms with Crippen LogP contribution in [0.25, 0.3) is 0 Å². The first-order valence-corrected chi connectivity index (χ1v) is 9.26. The van der Waals surface area contributed by atoms with Gasteiger partial charge in [-0.1, -0.05) is 11.8 Å². The van der Waals surface area contributed by atoms with Crippen molar-refractivity contribution in [3.05, 3.63) is 59.2 Å². The summed E-state index contributed by atoms with van der Waals surface area (Å²) in [6.45, 7) is -0.0206. The van der Waals surface area contributed by atoms with Crippen LogP contribution in [0.4, 0.5) is 14.5 Å². The largest absolute Gasteiger partial charge is 0.383 e. The monoisotopic (exact) mass is 419 g/mol. The van der Waals surface area contributed by atoms with Crippen molar-refractivity contribution < 1.29 is 18.3 Å². The molecule has 0 aliphatic heterocycles. The number of nitriles is 1. The first kappa shape index (κ1) is 22.3. The average Bonchev–Trinajstić information content (AvgIpc) is 2.74. The van der Waals surface area contributed by atoms with Gasteiger partial charge in [-0.05, 0) is 30.3 Å². The summed E-state index contributed by atoms with van der Waals surface area (Å²) in [6.07, 6.45) is -0.500. The van der Waals surface area contributed by atoms with E-state index in [2.05, 4.69) is 15.3 Å². The summed E-state index contributed by atoms with van der Waals surface area (Å²) in [5.41, 5.74) is 5.97. The van der Waals surface area contributed by atoms with Gasteiger partial charge in [0, 0.05) is 31.6 Å². The number of pyridine rings is 1. The minimum absolute atomic E-state index is 0.0206. The third-order valence-corrected chi connectivity index (χ3v) is 4.93. The lowest BCUT2D eigenvalue weighted by molar-refractivity contribution is 0.102. The Labute approximate surface area is 171 Å². The van der Waals surface area contributed by atoms with Gasteiger partial charge in [0.2, 0.25) is 0 Å². The molecule has 152 valence electrons. The molecule has 1 heterocycles. The van der Waals surface area contributed by atoms with Crippen molar-refractivity contribution in [1.29, 1.82) is 5.26 Å². The number of thioether (sulfide) groups is 1. The van der Waals surface area contributed by atoms with Crippen LogP contribution in [0.1, 0.15) is 27.8 Å². The number of carbonyl (C=O) groups is 1. The molecule has 1 aromatic carbocycles. The molecule has 7 nitrogen and oxygen atoms in total. The van der Waals surface area contributed by atoms with Gasteiger partial charge in [-0.15, -0.1) is 0 Å². The maximum atomic E-state index is 15.1. The molecule has 0 radical (unpaired) electrons. The second kappa shape index (κ2) is 10.5. The number of ether oxygens (including phenoxy) is 1. The van der Waals surface area contributed by atoms with Crippen LogP contribution in [-0.4, -0.2) is 42.1 Å². The molecule has 2 rings (SSSR count). The maximum Gasteiger partial charge on any atom is 0.274 e. The number of amidine groups is 1. The zero-order valence-corrected chi connectivity index (χ0v) is 16.5. The SMILES string of the molecule is C/N=C(/N)S[C@H](COC)[C@H](F)c1cc(NC(=O)c2ccc(C#N)cn2)ccc1F. The lowest BCUT2D eigenvalue weighted by Gasteiger charge is -2.21. The summed E-state index contributed by atoms with van der Waals surface area (Å²) in [5, 5.41) is 10.6. The summed E-state index contributed by atoms with van der Waals surface area (Å²) in [6, 6.07) is 8.32. The van der Waals surface area contributed by atoms with E-state index in [0.717, 1.165) is 17.8 Å². The number of aliphatic imine (C=N–C) groups is 1. The zero-order chi connectivity index (χ0) is 21.4. The number of amides is 1. The van der Waals surface area contributed by atoms with Crippen molar-refractivity contribution in [3.63, 3.8) is 0 Å². The number of nitrogens with zero attached hydrogens (tertiary/aromatic N) is 3. The van der Waals surface area contributed by atoms with Crippen molar-refractivity contribution in [2.45, 2.75) is 11.4 Å². The van der Waals surface area contributed by atoms with Gasteiger partial charge in [0.25, 0.3) is 5.91 Å². The number of halogens is 2. The first-order chi connectivity index (χ1) is 13.9. The van der Waals surface area contributed by atoms with Crippen LogP contribution in [0, 0.1) is 17.1 Å². The van der Waals surface area contributed by atoms with E-state index in [9.17, 15) is 9.18 Å². The molecule has 0 saturated heterocycles. The van der Waals surface area contributed by atoms with Gasteiger partial charge in [-0.3, -0.25) is 9.79 Å². The van der Waals surface area contributed by atoms with E-state index in [4.69, 9.17) is 15.7 Å². The second-order valence-electron chi connectivity index (χ2n) is 5.81. The normalized spacial score (nSPS) is 13.4. The molecule has 10 heteroatoms. The molecule has 29 heavy (non-hydrogen) atoms. The highest BCUT2D eigenvalue weighted by Crippen LogP contribution is 2.33. The number of nitrogens with two attached hydrogens (primary N) is 1. The molecule has 0 bridgehead atoms. The molecule has 0 saturated carbocycles. The summed E-state index contributed by atoms with van der Waals surface area (Å²) >= 11 is 0.938. The number of carbonyl (C=O) groups excluding carboxylic acids is 1. The van der Waals surface area contributed by atoms with Crippen molar-refractivity contribution in [2.75, 3.05) is 26.1 Å². The highest BCUT2D eigenvalue weighted by atomic mass is 32.2. The number of rotatable bonds is 7. The Morgan fingerprint density at radius 3 is 2.79 bits per heavy atom. The van der Waals surface area contributed by atoms with Gasteiger partial charge in [0.05, 0.1) is 17.4 Å². The molecule has 3 N–H and O–H groups in total. The molecular formula is C19H19F2N5O2S. The number of benzene rings is 1. The van der Waals surface area contributed by atoms with Crippen LogP contribution in [0.2, 0.25) is 0 Å². The Morgan fingerprint density at radius 2 is 2.21 bits per heavy atom. The number of alkyl halides is 1. The Bertz CT molecular complexity index is 931. The second-order valence-corrected chi connectivity index (χ2v) is 7.07. The van der Waals surface area contributed by atoms with Crippen molar-refractivity contribution >= 4 is 28.5 Å². The van der Waals surface area contributed by atoms with E-state index in [1.54, 1.807) is 0 Å². The zero-order valence-electron chi connectivity index (χ0n) is 15.7. The maximum absolute atomic E-state index is 15.1. The third kappa shape index (κ3) is 5.97. The third-order valence-electron chi connectivity index (χ3n) is 3.83. The highest BCUT2D eigenvalue weighted by Gasteiger charge is 2.28. The molecular weight excluding hydrogens is 400 g/mol. The summed E-state index contributed by atoms with van der Waals surface area (Å²) < 4.78 is 34.3. The number of hydrogen-bond acceptors (Lipinski definition) is 6. The van der Waals surface area contributed by atoms with Crippen molar-refractivity contribution in [2.24, 2.45) is 10.7 Å². The molecule has 0 unspecified atom stereocenters. The fraction of sp³-hybridized carbons (Fsp3) is 0.263. The molecule has 0 aliphatic rings. The van der Waals surface area contributed by atoms with E-state index >= 15 is 4.39 Å². The van der Waals surface area contributed by atoms with Crippen molar-refractivity contribution in [3.8, 4) is 6.07 Å². The fourth-order valence-electron chi connectivity index (χ4n) is 2.37. The predicted molar refractivity (Wildman–Crippen MR) is 108 cm³/mol. The van der Waals surface area contributed by atoms with Crippen LogP contribution in [0.15, 0.2) is 41.5 Å². The number of aromatic nitrogens is 1. The number of methoxy groups -OCH3 is 1. The summed E-state index contributed by atoms with van der Waals surface area (Å²) in [4.78, 5) is 20.0. The molecule has 0 fully saturated rings. The molecule has 0 spiro atoms. The van der Waals surface area contributed by atoms with Crippen LogP contribution in [-0.2, 0) is 4.74 Å². The lowest BCUT2D eigenvalue weighted by Crippen LogP contribution is -2.23. The van der Waals surface area contributed by atoms with Gasteiger partial charge < -0.3 is 15.8 Å². The minimum atomic E-state index is -1.76. The van der Waals surface area contributed by atoms with Gasteiger partial charge in [0.1, 0.15) is 23.8 Å². The Morgan fingerprint density at radius 1 is 1.45 bits per heavy atom. The number of hydrogen-bond donors (Lipinski definition) is 2. The van der Waals surface area contributed by atoms with Gasteiger partial charge in [-0.25, -0.2) is 13.8 Å². The van der Waals surface area contributed by atoms with E-state index in [1.165, 1.54) is 44.6 Å². The van der Waals surface area contributed by atoms with Crippen LogP contribution >= 0.6 is 11.8 Å². The van der Waals surface area contributed by atoms with Gasteiger partial charge >= 0.3 is 0 Å². The molecule has 0 aliphatic carbocycles. The summed E-state index contributed by atoms with van der Waals surface area (Å²) in [5.74, 6) is -1.34. The topological polar surface area (TPSA) is 113 Å². The number of anilines is 1. The van der Waals surface area contributed by atoms with Crippen LogP contribution in [0.5, 0.6) is 0 Å². The van der Waals surface area contributed by atoms with Crippen molar-refractivity contribution in [1.82, 2.24) is 4.98 Å². The van der Waals surface area contributed by atoms with Crippen LogP contribution in [0.3, 0.4) is 0 Å². The first-order valence-electron chi connectivity index (χ1n) is 8.38. The number of nitrogens with one attached hydrogen (secondary N) is 1. The van der Waals surface area contributed by atoms with E-state index in [1.807, 2.05) is 6.07 Å². The Kier molecular flexibility index (Phi) is 8.06. The molecule has 1 aromatic heterocycles. The molecule has 2 aromatic rings. The summed E-state index contributed by atoms with van der Waals surface area (Å²) in [7, 11) is 2.87. The fourth-order valence-corrected chi connectivity index (χ4v) is 3.26. The van der Waals surface area contributed by atoms with Gasteiger partial charge in [0.15, 0.2) is 5.17 Å². The minimum Gasteiger partial charge on any atom is -0.383 e. The molecule has 1 amide bonds. The average molecular weight is 419 g/mol. The quantitative estimate of drug-likeness (QED) is 0.527. The van der Waals surface area contributed by atoms with E-state index in [0.29, 0.717) is 5.56 Å². The lowest BCUT2D eigenvalue weighted by atomic mass is 10.1. The van der Waals surface area contributed by atoms with Gasteiger partial charge in [-0.2, -0.15) is 5.26 Å². The standard InChI is InChI=1S/C19H19F2N5O2S/c1-24-19(23)29-16(10-28-2)17(21)13-7-12(4-5-14(13)20)26-18(27)15-6-3-11(8-22)9-25-15/h3-7,9,16-17H,10H2,1-2H3,(H2,23,24)(H,26,27)/t16-,17-/m1/s1. The highest BCUT2D eigenvalue weighted by molar-refractivity contribution is 8.14. The van der Waals surface area contributed by atoms with Crippen LogP contribution < -0.4 is 11.1 Å². The molecule has 2 atom stereocenters. The Balaban J connectivity index is 2.23. The van der Waals surface area contributed by atoms with E-state index < -0.39 is 23.1 Å². The predicted octanol–water partition coefficient (Wildman–Crippen LogP) is 3.05. The smallest absolute Gasteiger partial charge is 0.274 e. The van der Waals surface area contributed by atoms with E-state index in [-0.39, 0.29) is 28.7 Å². The Hall–Kier alpha value is -3.03.